The van der Waals surface area contributed by atoms with Gasteiger partial charge in [0.25, 0.3) is 0 Å². The first kappa shape index (κ1) is 97.3. The Morgan fingerprint density at radius 3 is 1.99 bits per heavy atom. The van der Waals surface area contributed by atoms with Gasteiger partial charge in [0.15, 0.2) is 0 Å². The molecule has 0 spiro atoms. The topological polar surface area (TPSA) is 569 Å². The number of nitrogens with two attached hydrogens (primary N) is 2. The van der Waals surface area contributed by atoms with Gasteiger partial charge in [-0.3, -0.25) is 61.8 Å². The van der Waals surface area contributed by atoms with Gasteiger partial charge in [0.1, 0.15) is 52.7 Å². The summed E-state index contributed by atoms with van der Waals surface area (Å²) in [6.07, 6.45) is 1.30. The molecular formula is C75H120N16O24S2. The molecule has 17 N–H and O–H groups in total. The van der Waals surface area contributed by atoms with Crippen LogP contribution in [0.4, 0.5) is 4.79 Å². The van der Waals surface area contributed by atoms with E-state index in [1.807, 2.05) is 0 Å². The number of carbonyl (C=O) groups excluding carboxylic acids is 12. The van der Waals surface area contributed by atoms with E-state index in [9.17, 15) is 78.0 Å². The highest BCUT2D eigenvalue weighted by Crippen LogP contribution is 2.36. The summed E-state index contributed by atoms with van der Waals surface area (Å²) < 4.78 is 55.8. The minimum atomic E-state index is -2.51. The number of hydrogen-bond donors (Lipinski definition) is 15. The number of fused-ring (bicyclic) bond motifs is 4. The third-order valence-electron chi connectivity index (χ3n) is 19.8. The van der Waals surface area contributed by atoms with Crippen molar-refractivity contribution >= 4 is 104 Å². The maximum absolute atomic E-state index is 15.2. The van der Waals surface area contributed by atoms with Gasteiger partial charge >= 0.3 is 6.03 Å². The van der Waals surface area contributed by atoms with E-state index in [2.05, 4.69) is 71.7 Å². The Labute approximate surface area is 686 Å². The predicted octanol–water partition coefficient (Wildman–Crippen LogP) is -2.73. The van der Waals surface area contributed by atoms with E-state index in [0.717, 1.165) is 24.2 Å². The zero-order chi connectivity index (χ0) is 85.5. The predicted molar refractivity (Wildman–Crippen MR) is 424 cm³/mol. The molecule has 1 aromatic carbocycles. The van der Waals surface area contributed by atoms with Crippen molar-refractivity contribution in [1.29, 1.82) is 0 Å². The molecule has 2 unspecified atom stereocenters. The van der Waals surface area contributed by atoms with Crippen LogP contribution in [0.25, 0.3) is 10.9 Å². The molecule has 3 aliphatic heterocycles. The lowest BCUT2D eigenvalue weighted by Crippen LogP contribution is -2.61. The number of ether oxygens (including phenoxy) is 7. The second-order valence-corrected chi connectivity index (χ2v) is 31.7. The van der Waals surface area contributed by atoms with Crippen LogP contribution in [0.1, 0.15) is 123 Å². The standard InChI is InChI=1S/C75H120N16O24S2/c1-7-46(5)64(84-61(97)8-2)70(103)80-38-62(98)81-56-44-117(108)72-52(36-54(67(77)100)82-71(104)65(47(6)59(95)42-92)85-69(102)57-35-50(93)41-90(57)74(106)55(37-60(76)96)83-68(56)101)51-14-15-58(94)53(66(51)86-72)43-116-33-10-9-16-78-75(107)79-17-19-109-21-23-111-25-27-113-29-31-115-32-30-114-28-26-112-24-22-110-20-18-89-39-49(87-88-89)40-91-63(99)34-48(73(91)105)13-11-12-45(3)4/h14-15,39,45-48,50,54-57,59,64-65,86,92-95H,7-13,16-38,40-44H2,1-6H3,(H2,76,96)(H2,77,100)(H,80,103)(H,81,98)(H,82,104)(H,83,101)(H,84,97)(H,85,102)(H2,78,79,107)/t46-,47-,48?,50+,54-,55-,56-,57-,59-,64-,65-,117?/m0/s1. The highest BCUT2D eigenvalue weighted by Gasteiger charge is 2.46. The lowest BCUT2D eigenvalue weighted by Gasteiger charge is -2.32. The number of phenolic OH excluding ortho intramolecular Hbond substituents is 1. The molecule has 12 atom stereocenters. The van der Waals surface area contributed by atoms with Crippen molar-refractivity contribution in [2.45, 2.75) is 184 Å². The van der Waals surface area contributed by atoms with E-state index < -0.39 is 175 Å². The Bertz CT molecular complexity index is 3760. The number of likely N-dealkylation sites (tertiary alicyclic amines) is 1. The quantitative estimate of drug-likeness (QED) is 0.0201. The molecule has 117 heavy (non-hydrogen) atoms. The highest BCUT2D eigenvalue weighted by molar-refractivity contribution is 7.98. The number of amides is 13. The van der Waals surface area contributed by atoms with Gasteiger partial charge < -0.3 is 117 Å². The van der Waals surface area contributed by atoms with Gasteiger partial charge in [0.05, 0.1) is 166 Å². The van der Waals surface area contributed by atoms with Gasteiger partial charge in [-0.1, -0.05) is 66.0 Å². The molecule has 5 heterocycles. The molecule has 0 bridgehead atoms. The summed E-state index contributed by atoms with van der Waals surface area (Å²) in [6.45, 7) is 14.5. The van der Waals surface area contributed by atoms with Crippen molar-refractivity contribution in [3.8, 4) is 5.75 Å². The lowest BCUT2D eigenvalue weighted by molar-refractivity contribution is -0.144. The van der Waals surface area contributed by atoms with E-state index in [1.165, 1.54) is 35.7 Å². The van der Waals surface area contributed by atoms with Crippen LogP contribution < -0.4 is 54.0 Å². The number of H-pyrrole nitrogens is 1. The monoisotopic (exact) mass is 1690 g/mol. The maximum atomic E-state index is 15.2. The lowest BCUT2D eigenvalue weighted by atomic mass is 9.94. The number of imide groups is 1. The maximum Gasteiger partial charge on any atom is 0.314 e. The summed E-state index contributed by atoms with van der Waals surface area (Å²) in [4.78, 5) is 167. The molecule has 0 radical (unpaired) electrons. The summed E-state index contributed by atoms with van der Waals surface area (Å²) in [6, 6.07) is -7.67. The van der Waals surface area contributed by atoms with Gasteiger partial charge in [-0.05, 0) is 54.5 Å². The Morgan fingerprint density at radius 1 is 0.752 bits per heavy atom. The number of hydrogen-bond acceptors (Lipinski definition) is 27. The molecular weight excluding hydrogens is 1570 g/mol. The summed E-state index contributed by atoms with van der Waals surface area (Å²) in [5, 5.41) is 71.8. The molecule has 3 aliphatic rings. The Morgan fingerprint density at radius 2 is 1.38 bits per heavy atom. The van der Waals surface area contributed by atoms with Crippen molar-refractivity contribution in [2.24, 2.45) is 35.1 Å². The number of rotatable bonds is 51. The number of urea groups is 1. The number of thioether (sulfide) groups is 1. The van der Waals surface area contributed by atoms with E-state index in [4.69, 9.17) is 44.6 Å². The van der Waals surface area contributed by atoms with E-state index in [-0.39, 0.29) is 95.4 Å². The van der Waals surface area contributed by atoms with Crippen molar-refractivity contribution in [3.05, 3.63) is 35.2 Å². The fourth-order valence-electron chi connectivity index (χ4n) is 12.9. The fraction of sp³-hybridized carbons (Fsp3) is 0.707. The van der Waals surface area contributed by atoms with Crippen LogP contribution in [0.2, 0.25) is 0 Å². The van der Waals surface area contributed by atoms with Crippen molar-refractivity contribution in [3.63, 3.8) is 0 Å². The third-order valence-corrected chi connectivity index (χ3v) is 22.3. The van der Waals surface area contributed by atoms with E-state index in [1.54, 1.807) is 31.6 Å². The minimum absolute atomic E-state index is 0.0390. The highest BCUT2D eigenvalue weighted by atomic mass is 32.2. The first-order chi connectivity index (χ1) is 56.0. The first-order valence-corrected chi connectivity index (χ1v) is 42.3. The number of phenols is 1. The second-order valence-electron chi connectivity index (χ2n) is 29.2. The number of aliphatic hydroxyl groups is 3. The Balaban J connectivity index is 0.917. The Kier molecular flexibility index (Phi) is 43.0. The molecule has 2 aromatic heterocycles. The zero-order valence-corrected chi connectivity index (χ0v) is 69.2. The Hall–Kier alpha value is -8.56. The van der Waals surface area contributed by atoms with Crippen molar-refractivity contribution < 1.29 is 115 Å². The number of aromatic nitrogens is 4. The number of benzene rings is 1. The average molecular weight is 1690 g/mol. The summed E-state index contributed by atoms with van der Waals surface area (Å²) in [7, 11) is -2.51. The largest absolute Gasteiger partial charge is 0.508 e. The number of aliphatic hydroxyl groups excluding tert-OH is 3. The molecule has 13 amide bonds. The molecule has 0 aliphatic carbocycles. The molecule has 6 rings (SSSR count). The molecule has 3 aromatic rings. The zero-order valence-electron chi connectivity index (χ0n) is 67.6. The van der Waals surface area contributed by atoms with Gasteiger partial charge in [0.2, 0.25) is 65.0 Å². The molecule has 42 heteroatoms. The van der Waals surface area contributed by atoms with Crippen LogP contribution in [-0.2, 0) is 122 Å². The van der Waals surface area contributed by atoms with Gasteiger partial charge in [0, 0.05) is 73.9 Å². The molecule has 0 saturated carbocycles. The summed E-state index contributed by atoms with van der Waals surface area (Å²) in [5.41, 5.74) is 12.6. The normalized spacial score (nSPS) is 20.7. The smallest absolute Gasteiger partial charge is 0.314 e. The van der Waals surface area contributed by atoms with E-state index in [0.29, 0.717) is 129 Å². The van der Waals surface area contributed by atoms with Gasteiger partial charge in [-0.2, -0.15) is 11.8 Å². The summed E-state index contributed by atoms with van der Waals surface area (Å²) >= 11 is 1.38. The molecule has 656 valence electrons. The number of primary amides is 2. The summed E-state index contributed by atoms with van der Waals surface area (Å²) in [5.74, 6) is -11.3. The minimum Gasteiger partial charge on any atom is -0.508 e. The van der Waals surface area contributed by atoms with Crippen LogP contribution in [0.5, 0.6) is 5.75 Å². The number of aromatic hydroxyl groups is 1. The van der Waals surface area contributed by atoms with Crippen LogP contribution in [0.3, 0.4) is 0 Å². The van der Waals surface area contributed by atoms with Crippen molar-refractivity contribution in [2.75, 3.05) is 137 Å². The molecule has 40 nitrogen and oxygen atoms in total. The average Bonchev–Trinajstić information content (AvgIpc) is 1.61. The number of nitrogens with one attached hydrogen (secondary N) is 9. The van der Waals surface area contributed by atoms with Crippen molar-refractivity contribution in [1.82, 2.24) is 72.3 Å². The number of carbonyl (C=O) groups is 12. The molecule has 2 saturated heterocycles. The van der Waals surface area contributed by atoms with Crippen LogP contribution in [-0.4, -0.2) is 311 Å². The fourth-order valence-corrected chi connectivity index (χ4v) is 15.4. The van der Waals surface area contributed by atoms with E-state index >= 15 is 4.21 Å². The first-order valence-electron chi connectivity index (χ1n) is 39.8. The SMILES string of the molecule is CCC(=O)N[C@H](C(=O)NCC(=O)N[C@H]1CS(=O)c2[nH]c3c(CSCCCCNC(=O)NCCOCCOCCOCCOCCOCCOCCOCCn4cc(CN5C(=O)CC(CCCC(C)C)C5=O)nn4)c(O)ccc3c2C[C@@H](C(N)=O)NC(=O)[C@H]([C@@H](C)[C@@H](O)CO)NC(=O)[C@@H]2C[C@@H](O)CN2C(=O)[C@H](CC(N)=O)NC1=O)[C@@H](C)CC. The van der Waals surface area contributed by atoms with Crippen LogP contribution in [0, 0.1) is 23.7 Å². The van der Waals surface area contributed by atoms with Gasteiger partial charge in [-0.15, -0.1) is 5.10 Å². The number of unbranched alkanes of at least 4 members (excludes halogenated alkanes) is 1. The van der Waals surface area contributed by atoms with Gasteiger partial charge in [-0.25, -0.2) is 9.48 Å². The molecule has 2 fully saturated rings. The number of nitrogens with zero attached hydrogens (tertiary/aromatic N) is 5. The van der Waals surface area contributed by atoms with Crippen LogP contribution in [0.15, 0.2) is 23.4 Å². The second kappa shape index (κ2) is 51.7. The van der Waals surface area contributed by atoms with Crippen LogP contribution >= 0.6 is 11.8 Å². The number of aromatic amines is 1. The third kappa shape index (κ3) is 32.6.